The van der Waals surface area contributed by atoms with E-state index in [9.17, 15) is 4.79 Å². The molecule has 158 valence electrons. The van der Waals surface area contributed by atoms with Crippen molar-refractivity contribution in [2.24, 2.45) is 0 Å². The summed E-state index contributed by atoms with van der Waals surface area (Å²) in [7, 11) is 0. The molecule has 1 aromatic carbocycles. The Hall–Kier alpha value is -3.13. The number of carbonyl (C=O) groups is 1. The van der Waals surface area contributed by atoms with Crippen molar-refractivity contribution in [2.75, 3.05) is 17.6 Å². The molecule has 0 spiro atoms. The average Bonchev–Trinajstić information content (AvgIpc) is 3.00. The molecular weight excluding hydrogens is 402 g/mol. The number of hydrogen-bond donors (Lipinski definition) is 5. The highest BCUT2D eigenvalue weighted by atomic mass is 35.5. The minimum absolute atomic E-state index is 0.0676. The van der Waals surface area contributed by atoms with Crippen molar-refractivity contribution in [1.29, 1.82) is 5.41 Å². The zero-order valence-electron chi connectivity index (χ0n) is 17.5. The van der Waals surface area contributed by atoms with E-state index in [1.165, 1.54) is 6.33 Å². The van der Waals surface area contributed by atoms with E-state index < -0.39 is 0 Å². The summed E-state index contributed by atoms with van der Waals surface area (Å²) in [6.07, 6.45) is 2.21. The summed E-state index contributed by atoms with van der Waals surface area (Å²) in [5.41, 5.74) is 7.79. The van der Waals surface area contributed by atoms with Crippen LogP contribution in [0.3, 0.4) is 0 Å². The number of halogens is 1. The smallest absolute Gasteiger partial charge is 0.251 e. The van der Waals surface area contributed by atoms with Crippen molar-refractivity contribution in [3.8, 4) is 0 Å². The van der Waals surface area contributed by atoms with Crippen molar-refractivity contribution in [3.05, 3.63) is 46.4 Å². The van der Waals surface area contributed by atoms with Crippen LogP contribution in [-0.4, -0.2) is 38.7 Å². The molecule has 2 heterocycles. The monoisotopic (exact) mass is 427 g/mol. The van der Waals surface area contributed by atoms with Gasteiger partial charge in [0.05, 0.1) is 22.0 Å². The first-order valence-corrected chi connectivity index (χ1v) is 10.1. The number of fused-ring (bicyclic) bond motifs is 1. The van der Waals surface area contributed by atoms with Crippen LogP contribution in [0.2, 0.25) is 5.02 Å². The molecule has 6 N–H and O–H groups in total. The van der Waals surface area contributed by atoms with Gasteiger partial charge in [0.1, 0.15) is 18.0 Å². The fraction of sp³-hybridized carbons (Fsp3) is 0.333. The fourth-order valence-corrected chi connectivity index (χ4v) is 3.34. The lowest BCUT2D eigenvalue weighted by Crippen LogP contribution is -2.28. The van der Waals surface area contributed by atoms with Gasteiger partial charge in [0.2, 0.25) is 0 Å². The molecule has 3 rings (SSSR count). The maximum atomic E-state index is 12.3. The van der Waals surface area contributed by atoms with Crippen molar-refractivity contribution in [1.82, 2.24) is 20.3 Å². The lowest BCUT2D eigenvalue weighted by Gasteiger charge is -2.23. The number of nitrogen functional groups attached to an aromatic ring is 1. The van der Waals surface area contributed by atoms with Gasteiger partial charge < -0.3 is 21.4 Å². The van der Waals surface area contributed by atoms with E-state index in [1.807, 2.05) is 27.7 Å². The number of benzene rings is 1. The molecule has 2 aromatic heterocycles. The molecule has 0 atom stereocenters. The van der Waals surface area contributed by atoms with E-state index >= 15 is 0 Å². The van der Waals surface area contributed by atoms with Gasteiger partial charge >= 0.3 is 0 Å². The summed E-state index contributed by atoms with van der Waals surface area (Å²) in [5, 5.41) is 16.0. The molecule has 9 heteroatoms. The topological polar surface area (TPSA) is 133 Å². The molecule has 8 nitrogen and oxygen atoms in total. The lowest BCUT2D eigenvalue weighted by molar-refractivity contribution is 0.0954. The molecule has 1 amide bonds. The molecule has 30 heavy (non-hydrogen) atoms. The highest BCUT2D eigenvalue weighted by molar-refractivity contribution is 6.40. The third kappa shape index (κ3) is 4.38. The molecule has 0 saturated heterocycles. The quantitative estimate of drug-likeness (QED) is 0.380. The summed E-state index contributed by atoms with van der Waals surface area (Å²) < 4.78 is 0. The van der Waals surface area contributed by atoms with E-state index in [4.69, 9.17) is 22.7 Å². The second-order valence-corrected chi connectivity index (χ2v) is 8.44. The molecule has 0 saturated carbocycles. The maximum absolute atomic E-state index is 12.3. The Bertz CT molecular complexity index is 1110. The molecule has 0 aliphatic carbocycles. The predicted octanol–water partition coefficient (Wildman–Crippen LogP) is 3.96. The third-order valence-corrected chi connectivity index (χ3v) is 4.80. The number of rotatable bonds is 6. The average molecular weight is 428 g/mol. The Morgan fingerprint density at radius 3 is 2.70 bits per heavy atom. The Kier molecular flexibility index (Phi) is 5.98. The van der Waals surface area contributed by atoms with Crippen LogP contribution in [0.25, 0.3) is 10.9 Å². The summed E-state index contributed by atoms with van der Waals surface area (Å²) >= 11 is 6.58. The minimum Gasteiger partial charge on any atom is -0.383 e. The number of H-pyrrole nitrogens is 1. The Morgan fingerprint density at radius 1 is 1.30 bits per heavy atom. The second kappa shape index (κ2) is 8.31. The van der Waals surface area contributed by atoms with Crippen molar-refractivity contribution in [2.45, 2.75) is 39.7 Å². The first-order chi connectivity index (χ1) is 14.1. The summed E-state index contributed by atoms with van der Waals surface area (Å²) in [5.74, 6) is 0.476. The lowest BCUT2D eigenvalue weighted by atomic mass is 10.1. The van der Waals surface area contributed by atoms with Gasteiger partial charge in [-0.1, -0.05) is 24.6 Å². The summed E-state index contributed by atoms with van der Waals surface area (Å²) in [6, 6.07) is 5.21. The van der Waals surface area contributed by atoms with Crippen LogP contribution in [0.4, 0.5) is 11.6 Å². The summed E-state index contributed by atoms with van der Waals surface area (Å²) in [6.45, 7) is 8.56. The molecule has 3 aromatic rings. The maximum Gasteiger partial charge on any atom is 0.251 e. The number of nitrogens with zero attached hydrogens (tertiary/aromatic N) is 2. The molecule has 0 aliphatic heterocycles. The zero-order valence-corrected chi connectivity index (χ0v) is 18.2. The fourth-order valence-electron chi connectivity index (χ4n) is 3.04. The Morgan fingerprint density at radius 2 is 2.03 bits per heavy atom. The van der Waals surface area contributed by atoms with Crippen molar-refractivity contribution in [3.63, 3.8) is 0 Å². The standard InChI is InChI=1S/C21H26ClN7O/c1-5-8-25-20(30)11-6-7-12-13(9-11)28-17(15(12)22)16(23)14-18(24)26-10-27-19(14)29-21(2,3)4/h6-7,9-10,23,28H,5,8H2,1-4H3,(H,25,30)(H3,24,26,27,29). The Labute approximate surface area is 180 Å². The van der Waals surface area contributed by atoms with Gasteiger partial charge in [-0.2, -0.15) is 0 Å². The molecular formula is C21H26ClN7O. The van der Waals surface area contributed by atoms with Crippen LogP contribution < -0.4 is 16.4 Å². The van der Waals surface area contributed by atoms with Crippen LogP contribution in [0.15, 0.2) is 24.5 Å². The molecule has 0 radical (unpaired) electrons. The highest BCUT2D eigenvalue weighted by Gasteiger charge is 2.23. The molecule has 0 fully saturated rings. The number of nitrogens with two attached hydrogens (primary N) is 1. The molecule has 0 aliphatic rings. The van der Waals surface area contributed by atoms with Crippen LogP contribution in [0.1, 0.15) is 55.7 Å². The number of nitrogens with one attached hydrogen (secondary N) is 4. The van der Waals surface area contributed by atoms with Gasteiger partial charge in [-0.05, 0) is 39.3 Å². The number of hydrogen-bond acceptors (Lipinski definition) is 6. The number of anilines is 2. The molecule has 0 unspecified atom stereocenters. The first kappa shape index (κ1) is 21.6. The number of aromatic amines is 1. The van der Waals surface area contributed by atoms with Gasteiger partial charge in [0.25, 0.3) is 5.91 Å². The van der Waals surface area contributed by atoms with E-state index in [1.54, 1.807) is 18.2 Å². The van der Waals surface area contributed by atoms with Gasteiger partial charge in [-0.3, -0.25) is 10.2 Å². The van der Waals surface area contributed by atoms with Crippen LogP contribution in [0, 0.1) is 5.41 Å². The SMILES string of the molecule is CCCNC(=O)c1ccc2c(Cl)c(C(=N)c3c(N)ncnc3NC(C)(C)C)[nH]c2c1. The third-order valence-electron chi connectivity index (χ3n) is 4.40. The van der Waals surface area contributed by atoms with Gasteiger partial charge in [0.15, 0.2) is 0 Å². The second-order valence-electron chi connectivity index (χ2n) is 8.06. The highest BCUT2D eigenvalue weighted by Crippen LogP contribution is 2.32. The van der Waals surface area contributed by atoms with Gasteiger partial charge in [-0.15, -0.1) is 0 Å². The van der Waals surface area contributed by atoms with Crippen molar-refractivity contribution < 1.29 is 4.79 Å². The van der Waals surface area contributed by atoms with Crippen LogP contribution >= 0.6 is 11.6 Å². The first-order valence-electron chi connectivity index (χ1n) is 9.69. The number of carbonyl (C=O) groups excluding carboxylic acids is 1. The van der Waals surface area contributed by atoms with E-state index in [-0.39, 0.29) is 23.0 Å². The normalized spacial score (nSPS) is 11.5. The van der Waals surface area contributed by atoms with E-state index in [2.05, 4.69) is 25.6 Å². The van der Waals surface area contributed by atoms with E-state index in [0.717, 1.165) is 6.42 Å². The van der Waals surface area contributed by atoms with Gasteiger partial charge in [0, 0.05) is 28.6 Å². The minimum atomic E-state index is -0.291. The van der Waals surface area contributed by atoms with Crippen LogP contribution in [0.5, 0.6) is 0 Å². The summed E-state index contributed by atoms with van der Waals surface area (Å²) in [4.78, 5) is 23.7. The predicted molar refractivity (Wildman–Crippen MR) is 122 cm³/mol. The Balaban J connectivity index is 2.04. The zero-order chi connectivity index (χ0) is 22.1. The van der Waals surface area contributed by atoms with Gasteiger partial charge in [-0.25, -0.2) is 9.97 Å². The molecule has 0 bridgehead atoms. The van der Waals surface area contributed by atoms with E-state index in [0.29, 0.717) is 45.1 Å². The largest absolute Gasteiger partial charge is 0.383 e. The number of aromatic nitrogens is 3. The number of amides is 1. The van der Waals surface area contributed by atoms with Crippen LogP contribution in [-0.2, 0) is 0 Å². The van der Waals surface area contributed by atoms with Crippen molar-refractivity contribution >= 4 is 45.8 Å².